The van der Waals surface area contributed by atoms with E-state index in [1.54, 1.807) is 24.3 Å². The fraction of sp³-hybridized carbons (Fsp3) is 0.550. The molecule has 2 aliphatic rings. The number of hydrogen-bond acceptors (Lipinski definition) is 3. The fourth-order valence-electron chi connectivity index (χ4n) is 3.92. The first kappa shape index (κ1) is 18.4. The van der Waals surface area contributed by atoms with E-state index in [-0.39, 0.29) is 23.3 Å². The molecular weight excluding hydrogens is 332 g/mol. The van der Waals surface area contributed by atoms with Crippen molar-refractivity contribution in [2.24, 2.45) is 5.92 Å². The van der Waals surface area contributed by atoms with Crippen LogP contribution >= 0.6 is 0 Å². The lowest BCUT2D eigenvalue weighted by atomic mass is 9.94. The van der Waals surface area contributed by atoms with Crippen molar-refractivity contribution < 1.29 is 19.5 Å². The zero-order valence-electron chi connectivity index (χ0n) is 15.0. The molecule has 0 atom stereocenters. The van der Waals surface area contributed by atoms with Gasteiger partial charge in [-0.1, -0.05) is 18.2 Å². The highest BCUT2D eigenvalue weighted by atomic mass is 16.4. The fourth-order valence-corrected chi connectivity index (χ4v) is 3.92. The Balaban J connectivity index is 1.48. The summed E-state index contributed by atoms with van der Waals surface area (Å²) in [4.78, 5) is 39.9. The molecular formula is C20H26N2O4. The molecule has 0 bridgehead atoms. The zero-order valence-corrected chi connectivity index (χ0v) is 15.0. The Kier molecular flexibility index (Phi) is 5.91. The van der Waals surface area contributed by atoms with E-state index < -0.39 is 5.97 Å². The second-order valence-corrected chi connectivity index (χ2v) is 7.15. The van der Waals surface area contributed by atoms with E-state index in [1.165, 1.54) is 0 Å². The van der Waals surface area contributed by atoms with Crippen molar-refractivity contribution in [1.29, 1.82) is 0 Å². The molecule has 1 N–H and O–H groups in total. The molecule has 0 unspecified atom stereocenters. The molecule has 26 heavy (non-hydrogen) atoms. The molecule has 3 rings (SSSR count). The molecule has 2 amide bonds. The van der Waals surface area contributed by atoms with Crippen LogP contribution < -0.4 is 0 Å². The first-order valence-corrected chi connectivity index (χ1v) is 9.44. The summed E-state index contributed by atoms with van der Waals surface area (Å²) in [5.41, 5.74) is 0.947. The Labute approximate surface area is 153 Å². The molecule has 2 fully saturated rings. The maximum absolute atomic E-state index is 12.5. The molecule has 140 valence electrons. The van der Waals surface area contributed by atoms with Gasteiger partial charge in [-0.2, -0.15) is 0 Å². The first-order valence-electron chi connectivity index (χ1n) is 9.44. The number of carboxylic acid groups (broad SMARTS) is 1. The van der Waals surface area contributed by atoms with Crippen molar-refractivity contribution in [3.05, 3.63) is 35.4 Å². The predicted octanol–water partition coefficient (Wildman–Crippen LogP) is 2.18. The SMILES string of the molecule is O=C(O)c1ccccc1CCC(=O)N1CCC(C(=O)N2CCCC2)CC1. The van der Waals surface area contributed by atoms with Crippen LogP contribution in [0.3, 0.4) is 0 Å². The molecule has 1 aromatic rings. The van der Waals surface area contributed by atoms with Crippen molar-refractivity contribution in [3.8, 4) is 0 Å². The van der Waals surface area contributed by atoms with Crippen LogP contribution in [0.15, 0.2) is 24.3 Å². The molecule has 6 heteroatoms. The minimum atomic E-state index is -0.964. The summed E-state index contributed by atoms with van der Waals surface area (Å²) in [6.07, 6.45) is 4.38. The maximum atomic E-state index is 12.5. The number of benzene rings is 1. The summed E-state index contributed by atoms with van der Waals surface area (Å²) >= 11 is 0. The molecule has 2 aliphatic heterocycles. The van der Waals surface area contributed by atoms with Gasteiger partial charge in [0, 0.05) is 38.5 Å². The van der Waals surface area contributed by atoms with Crippen molar-refractivity contribution in [2.75, 3.05) is 26.2 Å². The van der Waals surface area contributed by atoms with Crippen LogP contribution in [-0.2, 0) is 16.0 Å². The monoisotopic (exact) mass is 358 g/mol. The number of rotatable bonds is 5. The van der Waals surface area contributed by atoms with Gasteiger partial charge in [0.05, 0.1) is 5.56 Å². The van der Waals surface area contributed by atoms with Gasteiger partial charge in [0.2, 0.25) is 11.8 Å². The second kappa shape index (κ2) is 8.34. The van der Waals surface area contributed by atoms with E-state index in [4.69, 9.17) is 0 Å². The Morgan fingerprint density at radius 3 is 2.27 bits per heavy atom. The minimum absolute atomic E-state index is 0.0391. The summed E-state index contributed by atoms with van der Waals surface area (Å²) in [6, 6.07) is 6.81. The molecule has 0 radical (unpaired) electrons. The Morgan fingerprint density at radius 2 is 1.62 bits per heavy atom. The third kappa shape index (κ3) is 4.23. The van der Waals surface area contributed by atoms with Crippen LogP contribution in [0, 0.1) is 5.92 Å². The standard InChI is InChI=1S/C20H26N2O4/c23-18(8-7-15-5-1-2-6-17(15)20(25)26)21-13-9-16(10-14-21)19(24)22-11-3-4-12-22/h1-2,5-6,16H,3-4,7-14H2,(H,25,26). The quantitative estimate of drug-likeness (QED) is 0.875. The summed E-state index contributed by atoms with van der Waals surface area (Å²) in [5.74, 6) is -0.624. The van der Waals surface area contributed by atoms with Crippen LogP contribution in [0.5, 0.6) is 0 Å². The Bertz CT molecular complexity index is 674. The van der Waals surface area contributed by atoms with E-state index in [0.29, 0.717) is 31.5 Å². The Hall–Kier alpha value is -2.37. The van der Waals surface area contributed by atoms with Gasteiger partial charge in [0.25, 0.3) is 0 Å². The van der Waals surface area contributed by atoms with Crippen molar-refractivity contribution in [3.63, 3.8) is 0 Å². The third-order valence-corrected chi connectivity index (χ3v) is 5.47. The number of aromatic carboxylic acids is 1. The van der Waals surface area contributed by atoms with E-state index >= 15 is 0 Å². The first-order chi connectivity index (χ1) is 12.6. The van der Waals surface area contributed by atoms with Gasteiger partial charge in [-0.05, 0) is 43.7 Å². The van der Waals surface area contributed by atoms with Crippen LogP contribution in [0.4, 0.5) is 0 Å². The average Bonchev–Trinajstić information content (AvgIpc) is 3.20. The molecule has 0 aliphatic carbocycles. The van der Waals surface area contributed by atoms with Crippen LogP contribution in [0.1, 0.15) is 48.0 Å². The number of likely N-dealkylation sites (tertiary alicyclic amines) is 2. The van der Waals surface area contributed by atoms with E-state index in [9.17, 15) is 19.5 Å². The normalized spacial score (nSPS) is 18.2. The molecule has 0 saturated carbocycles. The van der Waals surface area contributed by atoms with Crippen molar-refractivity contribution in [2.45, 2.75) is 38.5 Å². The van der Waals surface area contributed by atoms with Crippen molar-refractivity contribution in [1.82, 2.24) is 9.80 Å². The number of carbonyl (C=O) groups excluding carboxylic acids is 2. The summed E-state index contributed by atoms with van der Waals surface area (Å²) in [7, 11) is 0. The van der Waals surface area contributed by atoms with E-state index in [1.807, 2.05) is 9.80 Å². The summed E-state index contributed by atoms with van der Waals surface area (Å²) in [6.45, 7) is 2.98. The number of aryl methyl sites for hydroxylation is 1. The second-order valence-electron chi connectivity index (χ2n) is 7.15. The molecule has 1 aromatic carbocycles. The van der Waals surface area contributed by atoms with Crippen LogP contribution in [0.25, 0.3) is 0 Å². The molecule has 2 heterocycles. The van der Waals surface area contributed by atoms with Gasteiger partial charge in [-0.15, -0.1) is 0 Å². The van der Waals surface area contributed by atoms with Gasteiger partial charge in [-0.25, -0.2) is 4.79 Å². The average molecular weight is 358 g/mol. The number of piperidine rings is 1. The molecule has 2 saturated heterocycles. The van der Waals surface area contributed by atoms with Gasteiger partial charge in [0.1, 0.15) is 0 Å². The zero-order chi connectivity index (χ0) is 18.5. The minimum Gasteiger partial charge on any atom is -0.478 e. The highest BCUT2D eigenvalue weighted by molar-refractivity contribution is 5.89. The molecule has 0 aromatic heterocycles. The maximum Gasteiger partial charge on any atom is 0.335 e. The van der Waals surface area contributed by atoms with Gasteiger partial charge < -0.3 is 14.9 Å². The number of hydrogen-bond donors (Lipinski definition) is 1. The topological polar surface area (TPSA) is 77.9 Å². The number of carbonyl (C=O) groups is 3. The van der Waals surface area contributed by atoms with Gasteiger partial charge in [0.15, 0.2) is 0 Å². The lowest BCUT2D eigenvalue weighted by Crippen LogP contribution is -2.43. The molecule has 0 spiro atoms. The van der Waals surface area contributed by atoms with E-state index in [0.717, 1.165) is 38.8 Å². The number of carboxylic acids is 1. The third-order valence-electron chi connectivity index (χ3n) is 5.47. The molecule has 6 nitrogen and oxygen atoms in total. The smallest absolute Gasteiger partial charge is 0.335 e. The number of amides is 2. The van der Waals surface area contributed by atoms with Crippen molar-refractivity contribution >= 4 is 17.8 Å². The largest absolute Gasteiger partial charge is 0.478 e. The summed E-state index contributed by atoms with van der Waals surface area (Å²) in [5, 5.41) is 9.22. The Morgan fingerprint density at radius 1 is 0.962 bits per heavy atom. The lowest BCUT2D eigenvalue weighted by molar-refractivity contribution is -0.140. The summed E-state index contributed by atoms with van der Waals surface area (Å²) < 4.78 is 0. The van der Waals surface area contributed by atoms with Gasteiger partial charge in [-0.3, -0.25) is 9.59 Å². The lowest BCUT2D eigenvalue weighted by Gasteiger charge is -2.33. The highest BCUT2D eigenvalue weighted by Gasteiger charge is 2.31. The predicted molar refractivity (Wildman–Crippen MR) is 96.8 cm³/mol. The van der Waals surface area contributed by atoms with Crippen LogP contribution in [0.2, 0.25) is 0 Å². The highest BCUT2D eigenvalue weighted by Crippen LogP contribution is 2.23. The van der Waals surface area contributed by atoms with Gasteiger partial charge >= 0.3 is 5.97 Å². The number of nitrogens with zero attached hydrogens (tertiary/aromatic N) is 2. The van der Waals surface area contributed by atoms with Crippen LogP contribution in [-0.4, -0.2) is 58.9 Å². The van der Waals surface area contributed by atoms with E-state index in [2.05, 4.69) is 0 Å².